The minimum Gasteiger partial charge on any atom is -0.355 e. The fraction of sp³-hybridized carbons (Fsp3) is 0.0811. The Labute approximate surface area is 232 Å². The van der Waals surface area contributed by atoms with Crippen LogP contribution in [0.15, 0.2) is 140 Å². The van der Waals surface area contributed by atoms with Crippen LogP contribution in [0.4, 0.5) is 11.4 Å². The molecular formula is C37H27NS. The van der Waals surface area contributed by atoms with E-state index in [0.29, 0.717) is 5.92 Å². The van der Waals surface area contributed by atoms with Crippen molar-refractivity contribution in [1.82, 2.24) is 0 Å². The van der Waals surface area contributed by atoms with Crippen LogP contribution in [0.25, 0.3) is 31.3 Å². The summed E-state index contributed by atoms with van der Waals surface area (Å²) in [6, 6.07) is 42.5. The van der Waals surface area contributed by atoms with Gasteiger partial charge < -0.3 is 5.32 Å². The van der Waals surface area contributed by atoms with Gasteiger partial charge in [-0.1, -0.05) is 103 Å². The quantitative estimate of drug-likeness (QED) is 0.245. The van der Waals surface area contributed by atoms with Gasteiger partial charge in [-0.15, -0.1) is 11.3 Å². The Morgan fingerprint density at radius 2 is 1.36 bits per heavy atom. The Bertz CT molecular complexity index is 1930. The van der Waals surface area contributed by atoms with Crippen LogP contribution in [0.3, 0.4) is 0 Å². The summed E-state index contributed by atoms with van der Waals surface area (Å²) in [7, 11) is 0. The molecule has 5 aromatic carbocycles. The van der Waals surface area contributed by atoms with Gasteiger partial charge in [-0.3, -0.25) is 0 Å². The van der Waals surface area contributed by atoms with Crippen molar-refractivity contribution in [3.05, 3.63) is 156 Å². The highest BCUT2D eigenvalue weighted by atomic mass is 32.1. The minimum atomic E-state index is -0.250. The molecule has 2 atom stereocenters. The summed E-state index contributed by atoms with van der Waals surface area (Å²) < 4.78 is 2.66. The largest absolute Gasteiger partial charge is 0.355 e. The van der Waals surface area contributed by atoms with Crippen molar-refractivity contribution in [2.24, 2.45) is 5.92 Å². The van der Waals surface area contributed by atoms with Gasteiger partial charge in [0, 0.05) is 31.5 Å². The second-order valence-corrected chi connectivity index (χ2v) is 11.7. The Kier molecular flexibility index (Phi) is 5.11. The number of anilines is 2. The van der Waals surface area contributed by atoms with E-state index in [1.807, 2.05) is 11.3 Å². The van der Waals surface area contributed by atoms with Crippen LogP contribution in [0.1, 0.15) is 23.1 Å². The van der Waals surface area contributed by atoms with Crippen LogP contribution in [-0.4, -0.2) is 0 Å². The van der Waals surface area contributed by atoms with Crippen LogP contribution < -0.4 is 5.32 Å². The lowest BCUT2D eigenvalue weighted by molar-refractivity contribution is 0.457. The summed E-state index contributed by atoms with van der Waals surface area (Å²) in [6.07, 6.45) is 10.1. The highest BCUT2D eigenvalue weighted by Gasteiger charge is 2.49. The average molecular weight is 518 g/mol. The third-order valence-corrected chi connectivity index (χ3v) is 9.67. The van der Waals surface area contributed by atoms with Crippen molar-refractivity contribution >= 4 is 42.9 Å². The molecular weight excluding hydrogens is 490 g/mol. The average Bonchev–Trinajstić information content (AvgIpc) is 3.51. The Balaban J connectivity index is 1.30. The molecule has 39 heavy (non-hydrogen) atoms. The maximum absolute atomic E-state index is 3.77. The van der Waals surface area contributed by atoms with Crippen molar-refractivity contribution in [3.63, 3.8) is 0 Å². The van der Waals surface area contributed by atoms with Gasteiger partial charge in [-0.05, 0) is 76.6 Å². The molecule has 8 rings (SSSR count). The Hall–Kier alpha value is -4.40. The zero-order valence-corrected chi connectivity index (χ0v) is 22.3. The van der Waals surface area contributed by atoms with Crippen LogP contribution >= 0.6 is 11.3 Å². The van der Waals surface area contributed by atoms with Crippen LogP contribution in [0, 0.1) is 5.92 Å². The lowest BCUT2D eigenvalue weighted by Crippen LogP contribution is -2.35. The van der Waals surface area contributed by atoms with Gasteiger partial charge in [0.25, 0.3) is 0 Å². The molecule has 1 nitrogen and oxygen atoms in total. The third-order valence-electron chi connectivity index (χ3n) is 8.52. The lowest BCUT2D eigenvalue weighted by atomic mass is 9.62. The second-order valence-electron chi connectivity index (χ2n) is 10.6. The maximum atomic E-state index is 3.77. The summed E-state index contributed by atoms with van der Waals surface area (Å²) in [5.74, 6) is 0.330. The third kappa shape index (κ3) is 3.38. The predicted octanol–water partition coefficient (Wildman–Crippen LogP) is 10.2. The second kappa shape index (κ2) is 8.83. The number of hydrogen-bond acceptors (Lipinski definition) is 2. The van der Waals surface area contributed by atoms with Crippen LogP contribution in [-0.2, 0) is 5.41 Å². The van der Waals surface area contributed by atoms with Crippen molar-refractivity contribution < 1.29 is 0 Å². The lowest BCUT2D eigenvalue weighted by Gasteiger charge is -2.39. The number of fused-ring (bicyclic) bond motifs is 6. The van der Waals surface area contributed by atoms with Crippen molar-refractivity contribution in [2.75, 3.05) is 5.32 Å². The van der Waals surface area contributed by atoms with Gasteiger partial charge in [-0.25, -0.2) is 0 Å². The van der Waals surface area contributed by atoms with E-state index < -0.39 is 0 Å². The number of thiophene rings is 1. The first-order valence-electron chi connectivity index (χ1n) is 13.6. The maximum Gasteiger partial charge on any atom is 0.0529 e. The number of nitrogens with one attached hydrogen (secondary N) is 1. The number of hydrogen-bond donors (Lipinski definition) is 1. The summed E-state index contributed by atoms with van der Waals surface area (Å²) in [5, 5.41) is 6.41. The van der Waals surface area contributed by atoms with Gasteiger partial charge in [0.1, 0.15) is 0 Å². The van der Waals surface area contributed by atoms with Crippen LogP contribution in [0.2, 0.25) is 0 Å². The van der Waals surface area contributed by atoms with E-state index in [9.17, 15) is 0 Å². The molecule has 2 heteroatoms. The first-order chi connectivity index (χ1) is 19.3. The smallest absolute Gasteiger partial charge is 0.0529 e. The Morgan fingerprint density at radius 3 is 2.26 bits per heavy atom. The Morgan fingerprint density at radius 1 is 0.615 bits per heavy atom. The molecule has 2 unspecified atom stereocenters. The molecule has 0 bridgehead atoms. The van der Waals surface area contributed by atoms with E-state index in [4.69, 9.17) is 0 Å². The first-order valence-corrected chi connectivity index (χ1v) is 14.5. The molecule has 0 spiro atoms. The van der Waals surface area contributed by atoms with Crippen molar-refractivity contribution in [3.8, 4) is 11.1 Å². The molecule has 1 heterocycles. The van der Waals surface area contributed by atoms with Gasteiger partial charge in [0.2, 0.25) is 0 Å². The zero-order valence-electron chi connectivity index (χ0n) is 21.5. The highest BCUT2D eigenvalue weighted by Crippen LogP contribution is 2.58. The van der Waals surface area contributed by atoms with Gasteiger partial charge in [0.15, 0.2) is 0 Å². The predicted molar refractivity (Wildman–Crippen MR) is 167 cm³/mol. The molecule has 0 amide bonds. The van der Waals surface area contributed by atoms with E-state index in [0.717, 1.165) is 17.8 Å². The molecule has 186 valence electrons. The molecule has 1 N–H and O–H groups in total. The van der Waals surface area contributed by atoms with E-state index >= 15 is 0 Å². The standard InChI is InChI=1S/C37H27NS/c1-3-11-25(12-4-1)37(26-13-5-2-6-14-26)33-17-9-7-15-29(33)30-21-19-28(24-34(30)37)38-27-20-22-36-32(23-27)31-16-8-10-18-35(31)39-36/h1-13,15-24,26,38H,14H2. The zero-order chi connectivity index (χ0) is 25.8. The van der Waals surface area contributed by atoms with E-state index in [2.05, 4.69) is 145 Å². The van der Waals surface area contributed by atoms with Crippen LogP contribution in [0.5, 0.6) is 0 Å². The van der Waals surface area contributed by atoms with Crippen molar-refractivity contribution in [2.45, 2.75) is 11.8 Å². The summed E-state index contributed by atoms with van der Waals surface area (Å²) in [5.41, 5.74) is 8.80. The van der Waals surface area contributed by atoms with Crippen molar-refractivity contribution in [1.29, 1.82) is 0 Å². The highest BCUT2D eigenvalue weighted by molar-refractivity contribution is 7.25. The van der Waals surface area contributed by atoms with Gasteiger partial charge in [-0.2, -0.15) is 0 Å². The normalized spacial score (nSPS) is 19.3. The number of rotatable bonds is 4. The molecule has 0 radical (unpaired) electrons. The molecule has 0 saturated heterocycles. The van der Waals surface area contributed by atoms with Gasteiger partial charge in [0.05, 0.1) is 5.41 Å². The molecule has 0 aliphatic heterocycles. The summed E-state index contributed by atoms with van der Waals surface area (Å²) in [4.78, 5) is 0. The van der Waals surface area contributed by atoms with E-state index in [1.54, 1.807) is 0 Å². The fourth-order valence-corrected chi connectivity index (χ4v) is 7.97. The summed E-state index contributed by atoms with van der Waals surface area (Å²) >= 11 is 1.86. The monoisotopic (exact) mass is 517 g/mol. The summed E-state index contributed by atoms with van der Waals surface area (Å²) in [6.45, 7) is 0. The number of benzene rings is 5. The first kappa shape index (κ1) is 22.6. The molecule has 6 aromatic rings. The van der Waals surface area contributed by atoms with E-state index in [-0.39, 0.29) is 5.41 Å². The SMILES string of the molecule is C1=CCC(C2(c3ccccc3)c3ccccc3-c3ccc(Nc4ccc5sc6ccccc6c5c4)cc32)C=C1. The fourth-order valence-electron chi connectivity index (χ4n) is 6.89. The molecule has 2 aliphatic rings. The topological polar surface area (TPSA) is 12.0 Å². The number of allylic oxidation sites excluding steroid dienone is 4. The molecule has 1 aromatic heterocycles. The molecule has 0 fully saturated rings. The molecule has 0 saturated carbocycles. The van der Waals surface area contributed by atoms with Gasteiger partial charge >= 0.3 is 0 Å². The minimum absolute atomic E-state index is 0.250. The molecule has 2 aliphatic carbocycles. The van der Waals surface area contributed by atoms with E-state index in [1.165, 1.54) is 48.0 Å².